The molecule has 102 valence electrons. The number of rotatable bonds is 3. The summed E-state index contributed by atoms with van der Waals surface area (Å²) >= 11 is 0. The molecule has 1 aliphatic heterocycles. The van der Waals surface area contributed by atoms with E-state index >= 15 is 0 Å². The summed E-state index contributed by atoms with van der Waals surface area (Å²) in [5.74, 6) is 2.00. The maximum absolute atomic E-state index is 5.31. The van der Waals surface area contributed by atoms with Gasteiger partial charge in [-0.05, 0) is 56.5 Å². The van der Waals surface area contributed by atoms with Crippen molar-refractivity contribution in [2.24, 2.45) is 4.99 Å². The van der Waals surface area contributed by atoms with Crippen molar-refractivity contribution in [3.05, 3.63) is 35.0 Å². The molecule has 1 aliphatic rings. The van der Waals surface area contributed by atoms with Crippen molar-refractivity contribution in [2.75, 3.05) is 7.11 Å². The molecular formula is C16H22N2O. The molecule has 3 heteroatoms. The minimum atomic E-state index is 0.326. The molecule has 0 saturated heterocycles. The zero-order valence-corrected chi connectivity index (χ0v) is 12.4. The molecule has 1 aromatic carbocycles. The molecule has 0 radical (unpaired) electrons. The van der Waals surface area contributed by atoms with Crippen molar-refractivity contribution in [1.29, 1.82) is 0 Å². The quantitative estimate of drug-likeness (QED) is 0.899. The fourth-order valence-corrected chi connectivity index (χ4v) is 2.41. The van der Waals surface area contributed by atoms with E-state index in [9.17, 15) is 0 Å². The molecule has 0 unspecified atom stereocenters. The van der Waals surface area contributed by atoms with Crippen LogP contribution in [0, 0.1) is 6.92 Å². The van der Waals surface area contributed by atoms with E-state index in [1.165, 1.54) is 16.8 Å². The van der Waals surface area contributed by atoms with Crippen LogP contribution in [0.1, 0.15) is 38.3 Å². The first-order valence-corrected chi connectivity index (χ1v) is 6.69. The van der Waals surface area contributed by atoms with Crippen molar-refractivity contribution in [3.8, 4) is 5.75 Å². The van der Waals surface area contributed by atoms with Gasteiger partial charge in [0.2, 0.25) is 0 Å². The summed E-state index contributed by atoms with van der Waals surface area (Å²) in [6.07, 6.45) is 0.885. The maximum atomic E-state index is 5.31. The van der Waals surface area contributed by atoms with E-state index in [0.29, 0.717) is 6.04 Å². The van der Waals surface area contributed by atoms with Crippen LogP contribution in [0.3, 0.4) is 0 Å². The number of ether oxygens (including phenoxy) is 1. The SMILES string of the molecule is COc1ccc(C2=C(C)NC(=NC(C)C)C2)cc1C. The fraction of sp³-hybridized carbons (Fsp3) is 0.438. The van der Waals surface area contributed by atoms with Gasteiger partial charge >= 0.3 is 0 Å². The number of amidine groups is 1. The Morgan fingerprint density at radius 2 is 2.00 bits per heavy atom. The molecule has 3 nitrogen and oxygen atoms in total. The summed E-state index contributed by atoms with van der Waals surface area (Å²) in [4.78, 5) is 4.60. The molecule has 1 N–H and O–H groups in total. The normalized spacial score (nSPS) is 17.3. The van der Waals surface area contributed by atoms with Crippen LogP contribution in [0.4, 0.5) is 0 Å². The first-order chi connectivity index (χ1) is 9.01. The molecular weight excluding hydrogens is 236 g/mol. The number of aryl methyl sites for hydroxylation is 1. The highest BCUT2D eigenvalue weighted by atomic mass is 16.5. The predicted octanol–water partition coefficient (Wildman–Crippen LogP) is 3.53. The van der Waals surface area contributed by atoms with Gasteiger partial charge in [0, 0.05) is 18.2 Å². The van der Waals surface area contributed by atoms with Gasteiger partial charge in [-0.25, -0.2) is 0 Å². The molecule has 0 amide bonds. The van der Waals surface area contributed by atoms with Crippen LogP contribution < -0.4 is 10.1 Å². The summed E-state index contributed by atoms with van der Waals surface area (Å²) in [5, 5.41) is 3.38. The molecule has 1 heterocycles. The highest BCUT2D eigenvalue weighted by Gasteiger charge is 2.18. The van der Waals surface area contributed by atoms with Gasteiger partial charge in [-0.15, -0.1) is 0 Å². The van der Waals surface area contributed by atoms with E-state index in [1.807, 2.05) is 6.07 Å². The van der Waals surface area contributed by atoms with Gasteiger partial charge in [-0.1, -0.05) is 6.07 Å². The number of hydrogen-bond donors (Lipinski definition) is 1. The number of nitrogens with one attached hydrogen (secondary N) is 1. The second-order valence-electron chi connectivity index (χ2n) is 5.26. The van der Waals surface area contributed by atoms with Gasteiger partial charge in [0.1, 0.15) is 11.6 Å². The molecule has 0 aliphatic carbocycles. The number of methoxy groups -OCH3 is 1. The lowest BCUT2D eigenvalue weighted by Gasteiger charge is -2.08. The summed E-state index contributed by atoms with van der Waals surface area (Å²) in [6.45, 7) is 8.38. The van der Waals surface area contributed by atoms with Gasteiger partial charge in [0.05, 0.1) is 7.11 Å². The van der Waals surface area contributed by atoms with E-state index in [4.69, 9.17) is 4.74 Å². The molecule has 1 aromatic rings. The highest BCUT2D eigenvalue weighted by Crippen LogP contribution is 2.29. The average molecular weight is 258 g/mol. The summed E-state index contributed by atoms with van der Waals surface area (Å²) in [6, 6.07) is 6.65. The van der Waals surface area contributed by atoms with Crippen LogP contribution >= 0.6 is 0 Å². The number of hydrogen-bond acceptors (Lipinski definition) is 2. The van der Waals surface area contributed by atoms with Crippen LogP contribution in [0.2, 0.25) is 0 Å². The Hall–Kier alpha value is -1.77. The fourth-order valence-electron chi connectivity index (χ4n) is 2.41. The first kappa shape index (κ1) is 13.7. The van der Waals surface area contributed by atoms with Gasteiger partial charge < -0.3 is 10.1 Å². The van der Waals surface area contributed by atoms with Crippen LogP contribution in [0.15, 0.2) is 28.9 Å². The Bertz CT molecular complexity index is 542. The highest BCUT2D eigenvalue weighted by molar-refractivity contribution is 5.99. The van der Waals surface area contributed by atoms with Crippen molar-refractivity contribution in [3.63, 3.8) is 0 Å². The van der Waals surface area contributed by atoms with E-state index in [1.54, 1.807) is 7.11 Å². The minimum Gasteiger partial charge on any atom is -0.496 e. The summed E-state index contributed by atoms with van der Waals surface area (Å²) in [7, 11) is 1.71. The average Bonchev–Trinajstić information content (AvgIpc) is 2.69. The van der Waals surface area contributed by atoms with Crippen molar-refractivity contribution >= 4 is 11.4 Å². The van der Waals surface area contributed by atoms with Gasteiger partial charge in [-0.3, -0.25) is 4.99 Å². The van der Waals surface area contributed by atoms with E-state index < -0.39 is 0 Å². The second-order valence-corrected chi connectivity index (χ2v) is 5.26. The Labute approximate surface area is 115 Å². The van der Waals surface area contributed by atoms with Crippen molar-refractivity contribution in [2.45, 2.75) is 40.2 Å². The lowest BCUT2D eigenvalue weighted by Crippen LogP contribution is -2.16. The minimum absolute atomic E-state index is 0.326. The van der Waals surface area contributed by atoms with Crippen molar-refractivity contribution in [1.82, 2.24) is 5.32 Å². The molecule has 0 spiro atoms. The van der Waals surface area contributed by atoms with Crippen LogP contribution in [0.5, 0.6) is 5.75 Å². The number of benzene rings is 1. The Balaban J connectivity index is 2.28. The first-order valence-electron chi connectivity index (χ1n) is 6.69. The third-order valence-corrected chi connectivity index (χ3v) is 3.29. The van der Waals surface area contributed by atoms with Crippen molar-refractivity contribution < 1.29 is 4.74 Å². The third-order valence-electron chi connectivity index (χ3n) is 3.29. The Kier molecular flexibility index (Phi) is 3.93. The lowest BCUT2D eigenvalue weighted by atomic mass is 10.0. The van der Waals surface area contributed by atoms with Crippen LogP contribution in [0.25, 0.3) is 5.57 Å². The monoisotopic (exact) mass is 258 g/mol. The molecule has 0 bridgehead atoms. The number of nitrogens with zero attached hydrogens (tertiary/aromatic N) is 1. The Morgan fingerprint density at radius 3 is 2.58 bits per heavy atom. The smallest absolute Gasteiger partial charge is 0.121 e. The number of aliphatic imine (C=N–C) groups is 1. The van der Waals surface area contributed by atoms with Gasteiger partial charge in [-0.2, -0.15) is 0 Å². The standard InChI is InChI=1S/C16H22N2O/c1-10(2)17-16-9-14(12(4)18-16)13-6-7-15(19-5)11(3)8-13/h6-8,10H,9H2,1-5H3,(H,17,18). The van der Waals surface area contributed by atoms with Gasteiger partial charge in [0.15, 0.2) is 0 Å². The Morgan fingerprint density at radius 1 is 1.26 bits per heavy atom. The van der Waals surface area contributed by atoms with Crippen LogP contribution in [-0.4, -0.2) is 19.0 Å². The third kappa shape index (κ3) is 2.98. The second kappa shape index (κ2) is 5.47. The molecule has 0 fully saturated rings. The van der Waals surface area contributed by atoms with E-state index in [2.05, 4.69) is 50.1 Å². The van der Waals surface area contributed by atoms with E-state index in [0.717, 1.165) is 23.6 Å². The van der Waals surface area contributed by atoms with Crippen LogP contribution in [-0.2, 0) is 0 Å². The summed E-state index contributed by atoms with van der Waals surface area (Å²) < 4.78 is 5.31. The molecule has 19 heavy (non-hydrogen) atoms. The molecule has 0 saturated carbocycles. The van der Waals surface area contributed by atoms with E-state index in [-0.39, 0.29) is 0 Å². The predicted molar refractivity (Wildman–Crippen MR) is 80.6 cm³/mol. The lowest BCUT2D eigenvalue weighted by molar-refractivity contribution is 0.411. The maximum Gasteiger partial charge on any atom is 0.121 e. The molecule has 0 aromatic heterocycles. The summed E-state index contributed by atoms with van der Waals surface area (Å²) in [5.41, 5.74) is 4.93. The number of allylic oxidation sites excluding steroid dienone is 1. The zero-order chi connectivity index (χ0) is 14.0. The van der Waals surface area contributed by atoms with Gasteiger partial charge in [0.25, 0.3) is 0 Å². The molecule has 0 atom stereocenters. The largest absolute Gasteiger partial charge is 0.496 e. The molecule has 2 rings (SSSR count). The topological polar surface area (TPSA) is 33.6 Å². The zero-order valence-electron chi connectivity index (χ0n) is 12.4.